The summed E-state index contributed by atoms with van der Waals surface area (Å²) in [4.78, 5) is 13.5. The Morgan fingerprint density at radius 1 is 1.47 bits per heavy atom. The fourth-order valence-corrected chi connectivity index (χ4v) is 2.41. The molecule has 1 amide bonds. The summed E-state index contributed by atoms with van der Waals surface area (Å²) in [5.74, 6) is 0.835. The summed E-state index contributed by atoms with van der Waals surface area (Å²) in [6.07, 6.45) is 3.37. The number of carbonyl (C=O) groups is 1. The lowest BCUT2D eigenvalue weighted by molar-refractivity contribution is -0.123. The number of nitrogens with one attached hydrogen (secondary N) is 1. The van der Waals surface area contributed by atoms with Crippen LogP contribution in [0.15, 0.2) is 0 Å². The molecule has 1 unspecified atom stereocenters. The highest BCUT2D eigenvalue weighted by Gasteiger charge is 2.25. The molecule has 0 aromatic rings. The quantitative estimate of drug-likeness (QED) is 0.676. The van der Waals surface area contributed by atoms with E-state index in [9.17, 15) is 4.79 Å². The van der Waals surface area contributed by atoms with Gasteiger partial charge in [0.25, 0.3) is 0 Å². The molecule has 1 atom stereocenters. The van der Waals surface area contributed by atoms with Crippen LogP contribution in [0.3, 0.4) is 0 Å². The van der Waals surface area contributed by atoms with E-state index in [4.69, 9.17) is 5.73 Å². The lowest BCUT2D eigenvalue weighted by Crippen LogP contribution is -2.46. The molecule has 0 radical (unpaired) electrons. The summed E-state index contributed by atoms with van der Waals surface area (Å²) < 4.78 is 0. The van der Waals surface area contributed by atoms with Crippen LogP contribution in [0.25, 0.3) is 0 Å². The van der Waals surface area contributed by atoms with Crippen LogP contribution in [0.1, 0.15) is 19.3 Å². The Morgan fingerprint density at radius 2 is 2.27 bits per heavy atom. The molecular formula is C11H21N3O. The highest BCUT2D eigenvalue weighted by atomic mass is 16.1. The third-order valence-corrected chi connectivity index (χ3v) is 3.63. The maximum absolute atomic E-state index is 11.1. The molecule has 86 valence electrons. The molecule has 4 nitrogen and oxygen atoms in total. The van der Waals surface area contributed by atoms with Crippen molar-refractivity contribution in [1.82, 2.24) is 10.2 Å². The number of primary amides is 1. The van der Waals surface area contributed by atoms with Gasteiger partial charge >= 0.3 is 0 Å². The van der Waals surface area contributed by atoms with Crippen molar-refractivity contribution in [2.45, 2.75) is 19.3 Å². The fourth-order valence-electron chi connectivity index (χ4n) is 2.41. The smallest absolute Gasteiger partial charge is 0.221 e. The zero-order valence-electron chi connectivity index (χ0n) is 9.24. The predicted octanol–water partition coefficient (Wildman–Crippen LogP) is -0.207. The molecule has 0 aromatic carbocycles. The van der Waals surface area contributed by atoms with Crippen LogP contribution in [0.2, 0.25) is 0 Å². The van der Waals surface area contributed by atoms with Gasteiger partial charge in [-0.1, -0.05) is 0 Å². The third-order valence-electron chi connectivity index (χ3n) is 3.63. The van der Waals surface area contributed by atoms with E-state index in [-0.39, 0.29) is 11.8 Å². The molecule has 2 aliphatic heterocycles. The molecule has 2 rings (SSSR count). The lowest BCUT2D eigenvalue weighted by Gasteiger charge is -2.34. The van der Waals surface area contributed by atoms with Crippen molar-refractivity contribution in [1.29, 1.82) is 0 Å². The molecular weight excluding hydrogens is 190 g/mol. The zero-order valence-corrected chi connectivity index (χ0v) is 9.24. The van der Waals surface area contributed by atoms with Gasteiger partial charge in [-0.2, -0.15) is 0 Å². The Labute approximate surface area is 91.2 Å². The number of piperidine rings is 1. The molecule has 0 bridgehead atoms. The highest BCUT2D eigenvalue weighted by Crippen LogP contribution is 2.17. The minimum atomic E-state index is -0.120. The van der Waals surface area contributed by atoms with Crippen LogP contribution in [0, 0.1) is 11.8 Å². The van der Waals surface area contributed by atoms with Gasteiger partial charge in [0.1, 0.15) is 0 Å². The van der Waals surface area contributed by atoms with Crippen molar-refractivity contribution >= 4 is 5.91 Å². The Hall–Kier alpha value is -0.610. The van der Waals surface area contributed by atoms with Gasteiger partial charge in [0.2, 0.25) is 5.91 Å². The SMILES string of the molecule is NC(=O)C1CCCN(CCC2CNC2)C1. The van der Waals surface area contributed by atoms with E-state index in [1.807, 2.05) is 0 Å². The molecule has 15 heavy (non-hydrogen) atoms. The lowest BCUT2D eigenvalue weighted by atomic mass is 9.95. The van der Waals surface area contributed by atoms with E-state index in [1.54, 1.807) is 0 Å². The number of hydrogen-bond donors (Lipinski definition) is 2. The summed E-state index contributed by atoms with van der Waals surface area (Å²) in [7, 11) is 0. The van der Waals surface area contributed by atoms with E-state index < -0.39 is 0 Å². The predicted molar refractivity (Wildman–Crippen MR) is 59.3 cm³/mol. The molecule has 0 saturated carbocycles. The molecule has 2 aliphatic rings. The van der Waals surface area contributed by atoms with Gasteiger partial charge in [0.15, 0.2) is 0 Å². The van der Waals surface area contributed by atoms with Crippen molar-refractivity contribution in [3.8, 4) is 0 Å². The van der Waals surface area contributed by atoms with E-state index in [0.29, 0.717) is 0 Å². The first-order chi connectivity index (χ1) is 7.25. The topological polar surface area (TPSA) is 58.4 Å². The standard InChI is InChI=1S/C11H21N3O/c12-11(15)10-2-1-4-14(8-10)5-3-9-6-13-7-9/h9-10,13H,1-8H2,(H2,12,15). The molecule has 0 spiro atoms. The van der Waals surface area contributed by atoms with Gasteiger partial charge in [0, 0.05) is 6.54 Å². The van der Waals surface area contributed by atoms with Crippen LogP contribution in [0.4, 0.5) is 0 Å². The average molecular weight is 211 g/mol. The van der Waals surface area contributed by atoms with Gasteiger partial charge in [-0.3, -0.25) is 4.79 Å². The summed E-state index contributed by atoms with van der Waals surface area (Å²) in [6.45, 7) is 5.51. The third kappa shape index (κ3) is 2.92. The van der Waals surface area contributed by atoms with Gasteiger partial charge in [-0.15, -0.1) is 0 Å². The Balaban J connectivity index is 1.69. The van der Waals surface area contributed by atoms with E-state index in [2.05, 4.69) is 10.2 Å². The average Bonchev–Trinajstić information content (AvgIpc) is 2.16. The van der Waals surface area contributed by atoms with Crippen LogP contribution in [-0.4, -0.2) is 43.5 Å². The number of nitrogens with zero attached hydrogens (tertiary/aromatic N) is 1. The van der Waals surface area contributed by atoms with Crippen molar-refractivity contribution in [2.24, 2.45) is 17.6 Å². The summed E-state index contributed by atoms with van der Waals surface area (Å²) in [5, 5.41) is 3.28. The highest BCUT2D eigenvalue weighted by molar-refractivity contribution is 5.76. The van der Waals surface area contributed by atoms with Gasteiger partial charge < -0.3 is 16.0 Å². The second kappa shape index (κ2) is 4.94. The summed E-state index contributed by atoms with van der Waals surface area (Å²) in [5.41, 5.74) is 5.35. The minimum Gasteiger partial charge on any atom is -0.369 e. The van der Waals surface area contributed by atoms with Crippen molar-refractivity contribution in [3.63, 3.8) is 0 Å². The largest absolute Gasteiger partial charge is 0.369 e. The Kier molecular flexibility index (Phi) is 3.59. The number of carbonyl (C=O) groups excluding carboxylic acids is 1. The minimum absolute atomic E-state index is 0.0956. The maximum Gasteiger partial charge on any atom is 0.221 e. The number of hydrogen-bond acceptors (Lipinski definition) is 3. The molecule has 3 N–H and O–H groups in total. The second-order valence-electron chi connectivity index (χ2n) is 4.86. The molecule has 2 saturated heterocycles. The first-order valence-electron chi connectivity index (χ1n) is 5.98. The summed E-state index contributed by atoms with van der Waals surface area (Å²) >= 11 is 0. The molecule has 0 aromatic heterocycles. The van der Waals surface area contributed by atoms with Crippen LogP contribution >= 0.6 is 0 Å². The van der Waals surface area contributed by atoms with Crippen molar-refractivity contribution in [3.05, 3.63) is 0 Å². The first-order valence-corrected chi connectivity index (χ1v) is 5.98. The monoisotopic (exact) mass is 211 g/mol. The number of nitrogens with two attached hydrogens (primary N) is 1. The zero-order chi connectivity index (χ0) is 10.7. The Bertz CT molecular complexity index is 228. The Morgan fingerprint density at radius 3 is 2.87 bits per heavy atom. The van der Waals surface area contributed by atoms with Crippen molar-refractivity contribution < 1.29 is 4.79 Å². The number of rotatable bonds is 4. The van der Waals surface area contributed by atoms with Crippen LogP contribution in [0.5, 0.6) is 0 Å². The summed E-state index contributed by atoms with van der Waals surface area (Å²) in [6, 6.07) is 0. The molecule has 4 heteroatoms. The van der Waals surface area contributed by atoms with Gasteiger partial charge in [-0.05, 0) is 51.4 Å². The maximum atomic E-state index is 11.1. The first kappa shape index (κ1) is 10.9. The van der Waals surface area contributed by atoms with E-state index >= 15 is 0 Å². The number of likely N-dealkylation sites (tertiary alicyclic amines) is 1. The van der Waals surface area contributed by atoms with Crippen molar-refractivity contribution in [2.75, 3.05) is 32.7 Å². The fraction of sp³-hybridized carbons (Fsp3) is 0.909. The van der Waals surface area contributed by atoms with Gasteiger partial charge in [0.05, 0.1) is 5.92 Å². The number of amides is 1. The van der Waals surface area contributed by atoms with E-state index in [1.165, 1.54) is 19.5 Å². The van der Waals surface area contributed by atoms with Crippen LogP contribution < -0.4 is 11.1 Å². The molecule has 0 aliphatic carbocycles. The van der Waals surface area contributed by atoms with Crippen LogP contribution in [-0.2, 0) is 4.79 Å². The normalized spacial score (nSPS) is 28.7. The molecule has 2 heterocycles. The van der Waals surface area contributed by atoms with Gasteiger partial charge in [-0.25, -0.2) is 0 Å². The molecule has 2 fully saturated rings. The second-order valence-corrected chi connectivity index (χ2v) is 4.86. The van der Waals surface area contributed by atoms with E-state index in [0.717, 1.165) is 38.4 Å².